The number of carbonyl (C=O) groups is 1. The number of amides is 1. The van der Waals surface area contributed by atoms with Crippen molar-refractivity contribution in [2.24, 2.45) is 11.7 Å². The highest BCUT2D eigenvalue weighted by atomic mass is 35.5. The summed E-state index contributed by atoms with van der Waals surface area (Å²) in [6.45, 7) is 9.35. The maximum absolute atomic E-state index is 12.2. The van der Waals surface area contributed by atoms with Crippen LogP contribution >= 0.6 is 24.8 Å². The van der Waals surface area contributed by atoms with Crippen LogP contribution in [-0.4, -0.2) is 58.6 Å². The van der Waals surface area contributed by atoms with E-state index in [1.807, 2.05) is 43.0 Å². The number of hydrogen-bond acceptors (Lipinski definition) is 6. The van der Waals surface area contributed by atoms with Gasteiger partial charge in [-0.15, -0.1) is 24.8 Å². The van der Waals surface area contributed by atoms with Gasteiger partial charge in [0, 0.05) is 44.2 Å². The van der Waals surface area contributed by atoms with Gasteiger partial charge in [-0.1, -0.05) is 41.9 Å². The summed E-state index contributed by atoms with van der Waals surface area (Å²) in [5.41, 5.74) is 7.75. The largest absolute Gasteiger partial charge is 0.340 e. The quantitative estimate of drug-likeness (QED) is 0.785. The molecule has 0 bridgehead atoms. The van der Waals surface area contributed by atoms with E-state index < -0.39 is 0 Å². The van der Waals surface area contributed by atoms with E-state index >= 15 is 0 Å². The van der Waals surface area contributed by atoms with Crippen molar-refractivity contribution in [2.45, 2.75) is 26.8 Å². The lowest BCUT2D eigenvalue weighted by Gasteiger charge is -2.37. The number of nitrogens with zero attached hydrogens (tertiary/aromatic N) is 4. The number of nitrogens with two attached hydrogens (primary N) is 1. The highest BCUT2D eigenvalue weighted by Crippen LogP contribution is 2.24. The third-order valence-electron chi connectivity index (χ3n) is 5.06. The minimum Gasteiger partial charge on any atom is -0.340 e. The van der Waals surface area contributed by atoms with Crippen LogP contribution in [0.25, 0.3) is 11.4 Å². The van der Waals surface area contributed by atoms with Crippen molar-refractivity contribution in [3.8, 4) is 11.4 Å². The highest BCUT2D eigenvalue weighted by molar-refractivity contribution is 5.85. The molecule has 28 heavy (non-hydrogen) atoms. The Bertz CT molecular complexity index is 745. The second-order valence-electron chi connectivity index (χ2n) is 7.00. The highest BCUT2D eigenvalue weighted by Gasteiger charge is 2.29. The number of rotatable bonds is 5. The molecule has 2 N–H and O–H groups in total. The SMILES string of the molecule is Cc1ccc(-c2noc(C(C)N3CCN(C(=O)C(C)CN)CC3)n2)cc1.Cl.Cl. The van der Waals surface area contributed by atoms with Gasteiger partial charge in [-0.05, 0) is 13.8 Å². The molecule has 1 amide bonds. The van der Waals surface area contributed by atoms with E-state index in [2.05, 4.69) is 22.0 Å². The van der Waals surface area contributed by atoms with Gasteiger partial charge in [-0.3, -0.25) is 9.69 Å². The summed E-state index contributed by atoms with van der Waals surface area (Å²) >= 11 is 0. The zero-order valence-electron chi connectivity index (χ0n) is 16.5. The molecular weight excluding hydrogens is 401 g/mol. The lowest BCUT2D eigenvalue weighted by atomic mass is 10.1. The number of hydrogen-bond donors (Lipinski definition) is 1. The maximum Gasteiger partial charge on any atom is 0.244 e. The molecule has 1 aliphatic heterocycles. The van der Waals surface area contributed by atoms with Crippen LogP contribution in [-0.2, 0) is 4.79 Å². The third-order valence-corrected chi connectivity index (χ3v) is 5.06. The van der Waals surface area contributed by atoms with Gasteiger partial charge in [0.25, 0.3) is 0 Å². The molecule has 2 atom stereocenters. The van der Waals surface area contributed by atoms with Crippen molar-refractivity contribution in [2.75, 3.05) is 32.7 Å². The fourth-order valence-corrected chi connectivity index (χ4v) is 3.12. The molecular formula is C19H29Cl2N5O2. The molecule has 0 aliphatic carbocycles. The predicted molar refractivity (Wildman–Crippen MR) is 114 cm³/mol. The summed E-state index contributed by atoms with van der Waals surface area (Å²) in [4.78, 5) is 21.0. The van der Waals surface area contributed by atoms with Crippen molar-refractivity contribution in [3.05, 3.63) is 35.7 Å². The first kappa shape index (κ1) is 24.4. The van der Waals surface area contributed by atoms with Crippen LogP contribution in [0.4, 0.5) is 0 Å². The number of piperazine rings is 1. The summed E-state index contributed by atoms with van der Waals surface area (Å²) in [6, 6.07) is 8.08. The minimum absolute atomic E-state index is 0. The average Bonchev–Trinajstić information content (AvgIpc) is 3.17. The molecule has 1 aromatic heterocycles. The topological polar surface area (TPSA) is 88.5 Å². The van der Waals surface area contributed by atoms with Crippen LogP contribution in [0.5, 0.6) is 0 Å². The smallest absolute Gasteiger partial charge is 0.244 e. The van der Waals surface area contributed by atoms with Gasteiger partial charge in [0.1, 0.15) is 0 Å². The molecule has 7 nitrogen and oxygen atoms in total. The summed E-state index contributed by atoms with van der Waals surface area (Å²) < 4.78 is 5.49. The predicted octanol–water partition coefficient (Wildman–Crippen LogP) is 2.69. The van der Waals surface area contributed by atoms with Gasteiger partial charge in [-0.25, -0.2) is 0 Å². The summed E-state index contributed by atoms with van der Waals surface area (Å²) in [5.74, 6) is 1.24. The Kier molecular flexibility index (Phi) is 9.36. The molecule has 2 unspecified atom stereocenters. The summed E-state index contributed by atoms with van der Waals surface area (Å²) in [7, 11) is 0. The van der Waals surface area contributed by atoms with Crippen molar-refractivity contribution in [1.82, 2.24) is 19.9 Å². The van der Waals surface area contributed by atoms with E-state index in [-0.39, 0.29) is 42.7 Å². The molecule has 1 aliphatic rings. The van der Waals surface area contributed by atoms with E-state index in [9.17, 15) is 4.79 Å². The van der Waals surface area contributed by atoms with E-state index in [1.165, 1.54) is 5.56 Å². The van der Waals surface area contributed by atoms with Crippen LogP contribution < -0.4 is 5.73 Å². The van der Waals surface area contributed by atoms with Gasteiger partial charge in [0.05, 0.1) is 6.04 Å². The van der Waals surface area contributed by atoms with Gasteiger partial charge in [-0.2, -0.15) is 4.98 Å². The first-order chi connectivity index (χ1) is 12.5. The van der Waals surface area contributed by atoms with E-state index in [1.54, 1.807) is 0 Å². The van der Waals surface area contributed by atoms with Crippen molar-refractivity contribution >= 4 is 30.7 Å². The number of aryl methyl sites for hydroxylation is 1. The molecule has 1 aromatic carbocycles. The average molecular weight is 430 g/mol. The van der Waals surface area contributed by atoms with Gasteiger partial charge in [0.15, 0.2) is 0 Å². The van der Waals surface area contributed by atoms with E-state index in [4.69, 9.17) is 10.3 Å². The summed E-state index contributed by atoms with van der Waals surface area (Å²) in [6.07, 6.45) is 0. The standard InChI is InChI=1S/C19H27N5O2.2ClH/c1-13-4-6-16(7-5-13)17-21-18(26-22-17)15(3)23-8-10-24(11-9-23)19(25)14(2)12-20;;/h4-7,14-15H,8-12,20H2,1-3H3;2*1H. The first-order valence-electron chi connectivity index (χ1n) is 9.13. The lowest BCUT2D eigenvalue weighted by molar-refractivity contribution is -0.136. The second kappa shape index (κ2) is 10.8. The molecule has 1 saturated heterocycles. The lowest BCUT2D eigenvalue weighted by Crippen LogP contribution is -2.51. The van der Waals surface area contributed by atoms with Gasteiger partial charge >= 0.3 is 0 Å². The van der Waals surface area contributed by atoms with Gasteiger partial charge < -0.3 is 15.2 Å². The molecule has 156 valence electrons. The molecule has 0 spiro atoms. The number of benzene rings is 1. The third kappa shape index (κ3) is 5.44. The Balaban J connectivity index is 0.00000196. The van der Waals surface area contributed by atoms with E-state index in [0.29, 0.717) is 31.3 Å². The Morgan fingerprint density at radius 3 is 2.32 bits per heavy atom. The molecule has 2 aromatic rings. The molecule has 2 heterocycles. The fourth-order valence-electron chi connectivity index (χ4n) is 3.12. The maximum atomic E-state index is 12.2. The van der Waals surface area contributed by atoms with Gasteiger partial charge in [0.2, 0.25) is 17.6 Å². The molecule has 9 heteroatoms. The van der Waals surface area contributed by atoms with Crippen LogP contribution in [0.15, 0.2) is 28.8 Å². The normalized spacial score (nSPS) is 16.6. The number of aromatic nitrogens is 2. The minimum atomic E-state index is -0.119. The van der Waals surface area contributed by atoms with Crippen molar-refractivity contribution in [1.29, 1.82) is 0 Å². The second-order valence-corrected chi connectivity index (χ2v) is 7.00. The molecule has 0 radical (unpaired) electrons. The Morgan fingerprint density at radius 2 is 1.75 bits per heavy atom. The molecule has 3 rings (SSSR count). The van der Waals surface area contributed by atoms with E-state index in [0.717, 1.165) is 18.7 Å². The zero-order chi connectivity index (χ0) is 18.7. The van der Waals surface area contributed by atoms with Crippen LogP contribution in [0.3, 0.4) is 0 Å². The number of carbonyl (C=O) groups excluding carboxylic acids is 1. The molecule has 0 saturated carbocycles. The van der Waals surface area contributed by atoms with Crippen LogP contribution in [0.1, 0.15) is 31.3 Å². The van der Waals surface area contributed by atoms with Crippen LogP contribution in [0.2, 0.25) is 0 Å². The summed E-state index contributed by atoms with van der Waals surface area (Å²) in [5, 5.41) is 4.12. The molecule has 1 fully saturated rings. The zero-order valence-corrected chi connectivity index (χ0v) is 18.1. The fraction of sp³-hybridized carbons (Fsp3) is 0.526. The monoisotopic (exact) mass is 429 g/mol. The van der Waals surface area contributed by atoms with Crippen LogP contribution in [0, 0.1) is 12.8 Å². The van der Waals surface area contributed by atoms with Crippen molar-refractivity contribution in [3.63, 3.8) is 0 Å². The van der Waals surface area contributed by atoms with Crippen molar-refractivity contribution < 1.29 is 9.32 Å². The Labute approximate surface area is 178 Å². The number of halogens is 2. The Morgan fingerprint density at radius 1 is 1.14 bits per heavy atom. The Hall–Kier alpha value is -1.67. The first-order valence-corrected chi connectivity index (χ1v) is 9.13.